The smallest absolute Gasteiger partial charge is 0.290 e. The molecule has 1 amide bonds. The predicted molar refractivity (Wildman–Crippen MR) is 120 cm³/mol. The number of alkyl halides is 2. The van der Waals surface area contributed by atoms with Gasteiger partial charge in [0.1, 0.15) is 11.6 Å². The van der Waals surface area contributed by atoms with Gasteiger partial charge in [-0.2, -0.15) is 0 Å². The number of nitrogens with one attached hydrogen (secondary N) is 3. The molecule has 0 saturated carbocycles. The van der Waals surface area contributed by atoms with Gasteiger partial charge in [0.05, 0.1) is 18.2 Å². The zero-order valence-electron chi connectivity index (χ0n) is 18.3. The minimum absolute atomic E-state index is 0.0422. The lowest BCUT2D eigenvalue weighted by atomic mass is 9.87. The molecule has 4 rings (SSSR count). The Morgan fingerprint density at radius 3 is 2.74 bits per heavy atom. The quantitative estimate of drug-likeness (QED) is 0.509. The Labute approximate surface area is 192 Å². The molecule has 1 aliphatic heterocycles. The standard InChI is InChI=1S/C23H23F2N5O4/c1-14(30-10-8-23(24,25)17(13-30)15-4-7-20(31)28-11-15)21(32)29-19-6-5-16(12-27-19)34-18-3-2-9-26-22(18)33/h2-7,9,11-12,14,17H,8,10,13H2,1H3,(H,26,33)(H,28,31)(H,27,29,32)/t14?,17-/m1/s1. The van der Waals surface area contributed by atoms with Crippen molar-refractivity contribution in [2.75, 3.05) is 18.4 Å². The highest BCUT2D eigenvalue weighted by molar-refractivity contribution is 5.93. The van der Waals surface area contributed by atoms with Gasteiger partial charge >= 0.3 is 0 Å². The van der Waals surface area contributed by atoms with E-state index in [1.807, 2.05) is 0 Å². The molecule has 0 aromatic carbocycles. The first-order chi connectivity index (χ1) is 16.2. The van der Waals surface area contributed by atoms with Crippen LogP contribution in [-0.4, -0.2) is 50.8 Å². The van der Waals surface area contributed by atoms with Crippen molar-refractivity contribution >= 4 is 11.7 Å². The number of amides is 1. The normalized spacial score (nSPS) is 18.7. The second-order valence-corrected chi connectivity index (χ2v) is 8.05. The Kier molecular flexibility index (Phi) is 6.55. The minimum atomic E-state index is -2.96. The van der Waals surface area contributed by atoms with Crippen LogP contribution in [0.4, 0.5) is 14.6 Å². The van der Waals surface area contributed by atoms with E-state index in [1.54, 1.807) is 24.0 Å². The largest absolute Gasteiger partial charge is 0.450 e. The number of piperidine rings is 1. The van der Waals surface area contributed by atoms with Gasteiger partial charge in [-0.3, -0.25) is 19.3 Å². The summed E-state index contributed by atoms with van der Waals surface area (Å²) >= 11 is 0. The molecule has 0 aliphatic carbocycles. The molecule has 0 bridgehead atoms. The number of anilines is 1. The summed E-state index contributed by atoms with van der Waals surface area (Å²) in [5.41, 5.74) is -0.440. The van der Waals surface area contributed by atoms with Crippen molar-refractivity contribution in [2.45, 2.75) is 31.2 Å². The van der Waals surface area contributed by atoms with Crippen LogP contribution in [0.1, 0.15) is 24.8 Å². The lowest BCUT2D eigenvalue weighted by Crippen LogP contribution is -2.52. The van der Waals surface area contributed by atoms with Crippen molar-refractivity contribution in [1.29, 1.82) is 0 Å². The number of hydrogen-bond acceptors (Lipinski definition) is 6. The molecule has 9 nitrogen and oxygen atoms in total. The van der Waals surface area contributed by atoms with Gasteiger partial charge in [-0.05, 0) is 36.8 Å². The summed E-state index contributed by atoms with van der Waals surface area (Å²) < 4.78 is 34.7. The number of H-pyrrole nitrogens is 2. The molecule has 178 valence electrons. The van der Waals surface area contributed by atoms with Crippen LogP contribution >= 0.6 is 0 Å². The van der Waals surface area contributed by atoms with Crippen molar-refractivity contribution in [1.82, 2.24) is 19.9 Å². The van der Waals surface area contributed by atoms with Gasteiger partial charge in [0.15, 0.2) is 5.75 Å². The average molecular weight is 471 g/mol. The molecule has 1 aliphatic rings. The lowest BCUT2D eigenvalue weighted by molar-refractivity contribution is -0.125. The summed E-state index contributed by atoms with van der Waals surface area (Å²) in [6.45, 7) is 1.65. The number of carbonyl (C=O) groups excluding carboxylic acids is 1. The Morgan fingerprint density at radius 1 is 1.24 bits per heavy atom. The third-order valence-corrected chi connectivity index (χ3v) is 5.79. The van der Waals surface area contributed by atoms with Crippen LogP contribution in [0.25, 0.3) is 0 Å². The molecule has 0 radical (unpaired) electrons. The number of halogens is 2. The van der Waals surface area contributed by atoms with E-state index in [9.17, 15) is 23.2 Å². The molecule has 34 heavy (non-hydrogen) atoms. The van der Waals surface area contributed by atoms with Crippen molar-refractivity contribution in [2.24, 2.45) is 0 Å². The fraction of sp³-hybridized carbons (Fsp3) is 0.304. The second kappa shape index (κ2) is 9.56. The van der Waals surface area contributed by atoms with Gasteiger partial charge in [-0.15, -0.1) is 0 Å². The molecule has 1 saturated heterocycles. The maximum absolute atomic E-state index is 14.6. The first-order valence-corrected chi connectivity index (χ1v) is 10.7. The molecule has 1 fully saturated rings. The zero-order valence-corrected chi connectivity index (χ0v) is 18.3. The van der Waals surface area contributed by atoms with Crippen molar-refractivity contribution in [3.63, 3.8) is 0 Å². The van der Waals surface area contributed by atoms with Gasteiger partial charge in [-0.25, -0.2) is 13.8 Å². The van der Waals surface area contributed by atoms with Crippen molar-refractivity contribution in [3.05, 3.63) is 81.3 Å². The highest BCUT2D eigenvalue weighted by Gasteiger charge is 2.46. The summed E-state index contributed by atoms with van der Waals surface area (Å²) in [5.74, 6) is -3.83. The molecule has 2 atom stereocenters. The Balaban J connectivity index is 1.40. The first kappa shape index (κ1) is 23.3. The number of aromatic nitrogens is 3. The summed E-state index contributed by atoms with van der Waals surface area (Å²) in [7, 11) is 0. The Hall–Kier alpha value is -3.86. The number of aromatic amines is 2. The van der Waals surface area contributed by atoms with E-state index in [-0.39, 0.29) is 35.8 Å². The van der Waals surface area contributed by atoms with E-state index < -0.39 is 30.2 Å². The van der Waals surface area contributed by atoms with Crippen LogP contribution < -0.4 is 21.2 Å². The molecule has 0 spiro atoms. The summed E-state index contributed by atoms with van der Waals surface area (Å²) in [5, 5.41) is 2.67. The highest BCUT2D eigenvalue weighted by Crippen LogP contribution is 2.40. The number of hydrogen-bond donors (Lipinski definition) is 3. The van der Waals surface area contributed by atoms with E-state index in [0.717, 1.165) is 0 Å². The summed E-state index contributed by atoms with van der Waals surface area (Å²) in [4.78, 5) is 46.5. The summed E-state index contributed by atoms with van der Waals surface area (Å²) in [6.07, 6.45) is 3.74. The predicted octanol–water partition coefficient (Wildman–Crippen LogP) is 2.70. The maximum Gasteiger partial charge on any atom is 0.290 e. The van der Waals surface area contributed by atoms with Crippen LogP contribution in [0, 0.1) is 0 Å². The number of nitrogens with zero attached hydrogens (tertiary/aromatic N) is 2. The SMILES string of the molecule is CC(C(=O)Nc1ccc(Oc2ccc[nH]c2=O)cn1)N1CCC(F)(F)[C@@H](c2ccc(=O)[nH]c2)C1. The van der Waals surface area contributed by atoms with E-state index in [0.29, 0.717) is 11.3 Å². The number of likely N-dealkylation sites (tertiary alicyclic amines) is 1. The van der Waals surface area contributed by atoms with E-state index in [4.69, 9.17) is 4.74 Å². The Morgan fingerprint density at radius 2 is 2.06 bits per heavy atom. The van der Waals surface area contributed by atoms with E-state index in [2.05, 4.69) is 20.3 Å². The number of rotatable bonds is 6. The molecule has 11 heteroatoms. The van der Waals surface area contributed by atoms with Gasteiger partial charge in [-0.1, -0.05) is 6.07 Å². The molecule has 3 aromatic heterocycles. The van der Waals surface area contributed by atoms with Gasteiger partial charge in [0.25, 0.3) is 11.5 Å². The van der Waals surface area contributed by atoms with Crippen LogP contribution in [0.5, 0.6) is 11.5 Å². The number of pyridine rings is 3. The third kappa shape index (κ3) is 5.20. The van der Waals surface area contributed by atoms with Gasteiger partial charge in [0, 0.05) is 38.0 Å². The average Bonchev–Trinajstić information content (AvgIpc) is 2.82. The minimum Gasteiger partial charge on any atom is -0.450 e. The number of carbonyl (C=O) groups is 1. The monoisotopic (exact) mass is 471 g/mol. The van der Waals surface area contributed by atoms with Crippen molar-refractivity contribution < 1.29 is 18.3 Å². The topological polar surface area (TPSA) is 120 Å². The molecule has 3 aromatic rings. The molecule has 1 unspecified atom stereocenters. The zero-order chi connectivity index (χ0) is 24.3. The second-order valence-electron chi connectivity index (χ2n) is 8.05. The molecule has 3 N–H and O–H groups in total. The summed E-state index contributed by atoms with van der Waals surface area (Å²) in [6, 6.07) is 8.12. The van der Waals surface area contributed by atoms with Gasteiger partial charge < -0.3 is 20.0 Å². The highest BCUT2D eigenvalue weighted by atomic mass is 19.3. The third-order valence-electron chi connectivity index (χ3n) is 5.79. The fourth-order valence-corrected chi connectivity index (χ4v) is 3.79. The van der Waals surface area contributed by atoms with Crippen LogP contribution in [-0.2, 0) is 4.79 Å². The van der Waals surface area contributed by atoms with Crippen molar-refractivity contribution in [3.8, 4) is 11.5 Å². The molecule has 4 heterocycles. The van der Waals surface area contributed by atoms with Crippen LogP contribution in [0.2, 0.25) is 0 Å². The number of ether oxygens (including phenoxy) is 1. The first-order valence-electron chi connectivity index (χ1n) is 10.7. The Bertz CT molecular complexity index is 1250. The maximum atomic E-state index is 14.6. The van der Waals surface area contributed by atoms with E-state index in [1.165, 1.54) is 42.9 Å². The molecular formula is C23H23F2N5O4. The van der Waals surface area contributed by atoms with E-state index >= 15 is 0 Å². The van der Waals surface area contributed by atoms with Crippen LogP contribution in [0.15, 0.2) is 64.6 Å². The molecular weight excluding hydrogens is 448 g/mol. The fourth-order valence-electron chi connectivity index (χ4n) is 3.79. The van der Waals surface area contributed by atoms with Gasteiger partial charge in [0.2, 0.25) is 11.5 Å². The lowest BCUT2D eigenvalue weighted by Gasteiger charge is -2.40. The van der Waals surface area contributed by atoms with Crippen LogP contribution in [0.3, 0.4) is 0 Å².